The Morgan fingerprint density at radius 3 is 0.908 bits per heavy atom. The molecule has 0 fully saturated rings. The first-order chi connectivity index (χ1) is 37.5. The van der Waals surface area contributed by atoms with Crippen molar-refractivity contribution in [2.75, 3.05) is 13.2 Å². The highest BCUT2D eigenvalue weighted by molar-refractivity contribution is 5.72. The molecule has 0 heterocycles. The Hall–Kier alpha value is -3.15. The summed E-state index contributed by atoms with van der Waals surface area (Å²) < 4.78 is 16.8. The first kappa shape index (κ1) is 72.8. The Kier molecular flexibility index (Phi) is 61.7. The molecule has 0 aliphatic heterocycles. The first-order valence-electron chi connectivity index (χ1n) is 32.9. The molecule has 0 radical (unpaired) electrons. The van der Waals surface area contributed by atoms with Gasteiger partial charge in [-0.05, 0) is 70.6 Å². The summed E-state index contributed by atoms with van der Waals surface area (Å²) in [5.41, 5.74) is 0. The summed E-state index contributed by atoms with van der Waals surface area (Å²) in [7, 11) is 0. The second kappa shape index (κ2) is 64.4. The molecule has 0 saturated heterocycles. The molecule has 0 aliphatic rings. The molecule has 0 aromatic heterocycles. The number of ether oxygens (including phenoxy) is 3. The van der Waals surface area contributed by atoms with E-state index in [0.29, 0.717) is 12.8 Å². The molecular weight excluding hydrogens is 937 g/mol. The second-order valence-electron chi connectivity index (χ2n) is 22.0. The molecule has 1 atom stereocenters. The summed E-state index contributed by atoms with van der Waals surface area (Å²) in [6.07, 6.45) is 83.7. The van der Waals surface area contributed by atoms with E-state index in [0.717, 1.165) is 70.6 Å². The van der Waals surface area contributed by atoms with Crippen LogP contribution in [-0.4, -0.2) is 37.2 Å². The summed E-state index contributed by atoms with van der Waals surface area (Å²) >= 11 is 0. The second-order valence-corrected chi connectivity index (χ2v) is 22.0. The number of carbonyl (C=O) groups is 3. The SMILES string of the molecule is CC/C=C\C/C=C\C/C=C\C/C=C\C/C=C\CC(=O)OCC(COC(=O)CCCCCCCCCCCCCCCCCCCCCCCC)OC(=O)CCCCCCCCCCC/C=C\CCCCCCCCCC. The minimum Gasteiger partial charge on any atom is -0.462 e. The maximum absolute atomic E-state index is 12.9. The van der Waals surface area contributed by atoms with Crippen LogP contribution >= 0.6 is 0 Å². The van der Waals surface area contributed by atoms with Crippen LogP contribution in [0.5, 0.6) is 0 Å². The lowest BCUT2D eigenvalue weighted by Gasteiger charge is -2.18. The molecule has 0 spiro atoms. The van der Waals surface area contributed by atoms with Gasteiger partial charge in [-0.1, -0.05) is 318 Å². The number of unbranched alkanes of at least 4 members (excludes halogenated alkanes) is 38. The third-order valence-corrected chi connectivity index (χ3v) is 14.5. The van der Waals surface area contributed by atoms with Crippen molar-refractivity contribution in [1.29, 1.82) is 0 Å². The molecular formula is C70H124O6. The van der Waals surface area contributed by atoms with Gasteiger partial charge in [0.1, 0.15) is 13.2 Å². The number of allylic oxidation sites excluding steroid dienone is 11. The van der Waals surface area contributed by atoms with Gasteiger partial charge in [-0.25, -0.2) is 0 Å². The highest BCUT2D eigenvalue weighted by Gasteiger charge is 2.19. The Labute approximate surface area is 472 Å². The fourth-order valence-electron chi connectivity index (χ4n) is 9.57. The molecule has 0 aliphatic carbocycles. The average molecular weight is 1060 g/mol. The van der Waals surface area contributed by atoms with E-state index in [-0.39, 0.29) is 31.6 Å². The number of hydrogen-bond acceptors (Lipinski definition) is 6. The summed E-state index contributed by atoms with van der Waals surface area (Å²) in [5.74, 6) is -1.02. The molecule has 0 N–H and O–H groups in total. The van der Waals surface area contributed by atoms with Crippen molar-refractivity contribution in [3.05, 3.63) is 72.9 Å². The minimum absolute atomic E-state index is 0.103. The fourth-order valence-corrected chi connectivity index (χ4v) is 9.57. The van der Waals surface area contributed by atoms with Gasteiger partial charge in [0.05, 0.1) is 6.42 Å². The summed E-state index contributed by atoms with van der Waals surface area (Å²) in [4.78, 5) is 38.3. The highest BCUT2D eigenvalue weighted by Crippen LogP contribution is 2.17. The molecule has 0 bridgehead atoms. The normalized spacial score (nSPS) is 12.5. The zero-order chi connectivity index (χ0) is 55.0. The number of hydrogen-bond donors (Lipinski definition) is 0. The van der Waals surface area contributed by atoms with Crippen LogP contribution in [0.15, 0.2) is 72.9 Å². The maximum atomic E-state index is 12.9. The first-order valence-corrected chi connectivity index (χ1v) is 32.9. The van der Waals surface area contributed by atoms with Crippen molar-refractivity contribution in [1.82, 2.24) is 0 Å². The number of rotatable bonds is 60. The standard InChI is InChI=1S/C70H124O6/c1-4-7-10-13-16-19-22-25-28-30-32-34-36-37-39-42-45-48-51-54-57-60-63-69(72)75-66-67(65-74-68(71)62-59-56-53-50-47-44-41-27-24-21-18-15-12-9-6-3)76-70(73)64-61-58-55-52-49-46-43-40-38-35-33-31-29-26-23-20-17-14-11-8-5-2/h9,12,18,21,27,31,33,41,47,50,56,59,67H,4-8,10-11,13-17,19-20,22-26,28-30,32,34-40,42-46,48-49,51-55,57-58,60-66H2,1-3H3/b12-9-,21-18-,33-31-,41-27-,50-47-,59-56-. The predicted octanol–water partition coefficient (Wildman–Crippen LogP) is 22.5. The van der Waals surface area contributed by atoms with E-state index in [9.17, 15) is 14.4 Å². The van der Waals surface area contributed by atoms with Gasteiger partial charge in [0.15, 0.2) is 6.10 Å². The lowest BCUT2D eigenvalue weighted by Crippen LogP contribution is -2.30. The third kappa shape index (κ3) is 61.7. The van der Waals surface area contributed by atoms with Crippen LogP contribution in [0.4, 0.5) is 0 Å². The van der Waals surface area contributed by atoms with Crippen LogP contribution in [0.1, 0.15) is 335 Å². The molecule has 76 heavy (non-hydrogen) atoms. The summed E-state index contributed by atoms with van der Waals surface area (Å²) in [6, 6.07) is 0. The quantitative estimate of drug-likeness (QED) is 0.0261. The lowest BCUT2D eigenvalue weighted by atomic mass is 10.0. The van der Waals surface area contributed by atoms with Crippen molar-refractivity contribution in [3.8, 4) is 0 Å². The van der Waals surface area contributed by atoms with Crippen molar-refractivity contribution in [2.24, 2.45) is 0 Å². The van der Waals surface area contributed by atoms with Crippen LogP contribution in [0.3, 0.4) is 0 Å². The Balaban J connectivity index is 4.38. The van der Waals surface area contributed by atoms with Crippen molar-refractivity contribution in [3.63, 3.8) is 0 Å². The third-order valence-electron chi connectivity index (χ3n) is 14.5. The molecule has 1 unspecified atom stereocenters. The molecule has 6 heteroatoms. The van der Waals surface area contributed by atoms with Crippen molar-refractivity contribution < 1.29 is 28.6 Å². The topological polar surface area (TPSA) is 78.9 Å². The Morgan fingerprint density at radius 2 is 0.566 bits per heavy atom. The highest BCUT2D eigenvalue weighted by atomic mass is 16.6. The van der Waals surface area contributed by atoms with Crippen LogP contribution in [0, 0.1) is 0 Å². The van der Waals surface area contributed by atoms with E-state index in [2.05, 4.69) is 81.5 Å². The average Bonchev–Trinajstić information content (AvgIpc) is 3.42. The molecule has 6 nitrogen and oxygen atoms in total. The van der Waals surface area contributed by atoms with E-state index in [1.807, 2.05) is 6.08 Å². The largest absolute Gasteiger partial charge is 0.462 e. The monoisotopic (exact) mass is 1060 g/mol. The lowest BCUT2D eigenvalue weighted by molar-refractivity contribution is -0.166. The van der Waals surface area contributed by atoms with Gasteiger partial charge in [-0.15, -0.1) is 0 Å². The predicted molar refractivity (Wildman–Crippen MR) is 330 cm³/mol. The van der Waals surface area contributed by atoms with E-state index in [1.54, 1.807) is 6.08 Å². The Bertz CT molecular complexity index is 1400. The van der Waals surface area contributed by atoms with Crippen LogP contribution in [-0.2, 0) is 28.6 Å². The van der Waals surface area contributed by atoms with Gasteiger partial charge < -0.3 is 14.2 Å². The van der Waals surface area contributed by atoms with Crippen LogP contribution < -0.4 is 0 Å². The molecule has 0 aromatic carbocycles. The van der Waals surface area contributed by atoms with E-state index >= 15 is 0 Å². The van der Waals surface area contributed by atoms with Gasteiger partial charge in [0.25, 0.3) is 0 Å². The van der Waals surface area contributed by atoms with E-state index in [4.69, 9.17) is 14.2 Å². The Morgan fingerprint density at radius 1 is 0.289 bits per heavy atom. The van der Waals surface area contributed by atoms with Crippen molar-refractivity contribution >= 4 is 17.9 Å². The minimum atomic E-state index is -0.816. The number of esters is 3. The van der Waals surface area contributed by atoms with Gasteiger partial charge in [-0.3, -0.25) is 14.4 Å². The summed E-state index contributed by atoms with van der Waals surface area (Å²) in [5, 5.41) is 0. The fraction of sp³-hybridized carbons (Fsp3) is 0.786. The molecule has 0 rings (SSSR count). The van der Waals surface area contributed by atoms with Crippen LogP contribution in [0.25, 0.3) is 0 Å². The molecule has 0 saturated carbocycles. The maximum Gasteiger partial charge on any atom is 0.309 e. The van der Waals surface area contributed by atoms with Gasteiger partial charge in [0, 0.05) is 12.8 Å². The van der Waals surface area contributed by atoms with E-state index < -0.39 is 12.1 Å². The smallest absolute Gasteiger partial charge is 0.309 e. The zero-order valence-electron chi connectivity index (χ0n) is 50.5. The molecule has 0 amide bonds. The molecule has 0 aromatic rings. The van der Waals surface area contributed by atoms with Gasteiger partial charge in [-0.2, -0.15) is 0 Å². The zero-order valence-corrected chi connectivity index (χ0v) is 50.5. The van der Waals surface area contributed by atoms with Crippen LogP contribution in [0.2, 0.25) is 0 Å². The number of carbonyl (C=O) groups excluding carboxylic acids is 3. The molecule has 440 valence electrons. The summed E-state index contributed by atoms with van der Waals surface area (Å²) in [6.45, 7) is 6.49. The van der Waals surface area contributed by atoms with Gasteiger partial charge in [0.2, 0.25) is 0 Å². The van der Waals surface area contributed by atoms with Gasteiger partial charge >= 0.3 is 17.9 Å². The van der Waals surface area contributed by atoms with E-state index in [1.165, 1.54) is 225 Å². The van der Waals surface area contributed by atoms with Crippen molar-refractivity contribution in [2.45, 2.75) is 341 Å².